The Balaban J connectivity index is 1.50. The molecular weight excluding hydrogens is 456 g/mol. The molecule has 0 saturated heterocycles. The van der Waals surface area contributed by atoms with Gasteiger partial charge in [-0.25, -0.2) is 0 Å². The molecule has 0 spiro atoms. The molecule has 38 heavy (non-hydrogen) atoms. The fourth-order valence-corrected chi connectivity index (χ4v) is 6.77. The summed E-state index contributed by atoms with van der Waals surface area (Å²) < 4.78 is 0. The molecule has 3 aliphatic carbocycles. The molecule has 0 aliphatic heterocycles. The van der Waals surface area contributed by atoms with Crippen molar-refractivity contribution in [3.05, 3.63) is 138 Å². The van der Waals surface area contributed by atoms with Gasteiger partial charge in [0.25, 0.3) is 0 Å². The number of allylic oxidation sites excluding steroid dienone is 6. The number of rotatable bonds is 4. The summed E-state index contributed by atoms with van der Waals surface area (Å²) in [4.78, 5) is 0. The van der Waals surface area contributed by atoms with Crippen LogP contribution in [-0.2, 0) is 6.42 Å². The number of hydrogen-bond donors (Lipinski definition) is 0. The maximum Gasteiger partial charge on any atom is 0.0101 e. The van der Waals surface area contributed by atoms with Gasteiger partial charge in [0.05, 0.1) is 0 Å². The average molecular weight is 491 g/mol. The summed E-state index contributed by atoms with van der Waals surface area (Å²) in [5, 5.41) is 0. The van der Waals surface area contributed by atoms with Crippen molar-refractivity contribution in [1.29, 1.82) is 0 Å². The van der Waals surface area contributed by atoms with Crippen LogP contribution in [0, 0.1) is 0 Å². The van der Waals surface area contributed by atoms with Gasteiger partial charge in [-0.2, -0.15) is 0 Å². The first-order valence-electron chi connectivity index (χ1n) is 14.3. The molecule has 186 valence electrons. The van der Waals surface area contributed by atoms with Gasteiger partial charge in [0.2, 0.25) is 0 Å². The average Bonchev–Trinajstić information content (AvgIpc) is 3.01. The van der Waals surface area contributed by atoms with Gasteiger partial charge >= 0.3 is 0 Å². The van der Waals surface area contributed by atoms with Gasteiger partial charge in [0.15, 0.2) is 0 Å². The van der Waals surface area contributed by atoms with Crippen molar-refractivity contribution in [2.24, 2.45) is 0 Å². The third-order valence-corrected chi connectivity index (χ3v) is 8.70. The van der Waals surface area contributed by atoms with Crippen molar-refractivity contribution in [3.63, 3.8) is 0 Å². The molecule has 0 bridgehead atoms. The lowest BCUT2D eigenvalue weighted by Crippen LogP contribution is -2.17. The molecule has 1 unspecified atom stereocenters. The van der Waals surface area contributed by atoms with E-state index >= 15 is 0 Å². The monoisotopic (exact) mass is 490 g/mol. The number of benzene rings is 4. The second-order valence-electron chi connectivity index (χ2n) is 11.0. The summed E-state index contributed by atoms with van der Waals surface area (Å²) >= 11 is 0. The van der Waals surface area contributed by atoms with E-state index < -0.39 is 0 Å². The van der Waals surface area contributed by atoms with Crippen LogP contribution in [0.15, 0.2) is 121 Å². The summed E-state index contributed by atoms with van der Waals surface area (Å²) in [5.41, 5.74) is 15.7. The van der Waals surface area contributed by atoms with Gasteiger partial charge in [-0.05, 0) is 119 Å². The topological polar surface area (TPSA) is 0 Å². The van der Waals surface area contributed by atoms with E-state index in [4.69, 9.17) is 0 Å². The maximum atomic E-state index is 2.57. The van der Waals surface area contributed by atoms with Crippen molar-refractivity contribution < 1.29 is 0 Å². The summed E-state index contributed by atoms with van der Waals surface area (Å²) in [6.07, 6.45) is 18.0. The molecule has 7 rings (SSSR count). The molecule has 0 nitrogen and oxygen atoms in total. The Morgan fingerprint density at radius 2 is 1.32 bits per heavy atom. The Morgan fingerprint density at radius 1 is 0.579 bits per heavy atom. The van der Waals surface area contributed by atoms with Gasteiger partial charge in [-0.3, -0.25) is 0 Å². The van der Waals surface area contributed by atoms with Gasteiger partial charge in [-0.1, -0.05) is 103 Å². The van der Waals surface area contributed by atoms with Crippen molar-refractivity contribution in [2.75, 3.05) is 0 Å². The third kappa shape index (κ3) is 4.29. The molecule has 0 heteroatoms. The number of fused-ring (bicyclic) bond motifs is 3. The first-order chi connectivity index (χ1) is 18.8. The quantitative estimate of drug-likeness (QED) is 0.250. The predicted octanol–water partition coefficient (Wildman–Crippen LogP) is 10.6. The Kier molecular flexibility index (Phi) is 6.18. The zero-order valence-electron chi connectivity index (χ0n) is 22.0. The zero-order chi connectivity index (χ0) is 25.3. The standard InChI is InChI=1S/C38H34/c1-5-13-27(14-6-1)31-21-22-32-24-35(29-17-9-3-10-18-29)38-36(30-19-11-4-12-20-30)25-33(26-37(38)34(32)23-31)28-15-7-2-8-16-28/h1-2,4-8,11,13-17,19,21-23,25-26,35H,3,9-10,12,18,20,24H2. The minimum Gasteiger partial charge on any atom is -0.0847 e. The van der Waals surface area contributed by atoms with Crippen molar-refractivity contribution in [1.82, 2.24) is 0 Å². The highest BCUT2D eigenvalue weighted by Gasteiger charge is 2.31. The van der Waals surface area contributed by atoms with E-state index in [0.717, 1.165) is 19.3 Å². The molecule has 0 aromatic heterocycles. The van der Waals surface area contributed by atoms with Gasteiger partial charge in [0.1, 0.15) is 0 Å². The Hall–Kier alpha value is -3.90. The lowest BCUT2D eigenvalue weighted by Gasteiger charge is -2.34. The van der Waals surface area contributed by atoms with Gasteiger partial charge in [-0.15, -0.1) is 0 Å². The Morgan fingerprint density at radius 3 is 2.03 bits per heavy atom. The molecule has 3 aliphatic rings. The lowest BCUT2D eigenvalue weighted by molar-refractivity contribution is 0.632. The molecule has 0 saturated carbocycles. The molecule has 1 atom stereocenters. The molecule has 4 aromatic rings. The largest absolute Gasteiger partial charge is 0.0847 e. The van der Waals surface area contributed by atoms with Crippen LogP contribution in [0.3, 0.4) is 0 Å². The molecule has 0 amide bonds. The molecule has 0 fully saturated rings. The van der Waals surface area contributed by atoms with Gasteiger partial charge < -0.3 is 0 Å². The van der Waals surface area contributed by atoms with E-state index in [1.807, 2.05) is 0 Å². The highest BCUT2D eigenvalue weighted by Crippen LogP contribution is 2.50. The van der Waals surface area contributed by atoms with Crippen molar-refractivity contribution in [3.8, 4) is 33.4 Å². The minimum atomic E-state index is 0.465. The third-order valence-electron chi connectivity index (χ3n) is 8.70. The smallest absolute Gasteiger partial charge is 0.0101 e. The van der Waals surface area contributed by atoms with Crippen LogP contribution in [0.25, 0.3) is 39.0 Å². The normalized spacial score (nSPS) is 18.3. The Bertz CT molecular complexity index is 1560. The second-order valence-corrected chi connectivity index (χ2v) is 11.0. The van der Waals surface area contributed by atoms with Crippen LogP contribution in [-0.4, -0.2) is 0 Å². The first kappa shape index (κ1) is 23.2. The maximum absolute atomic E-state index is 2.57. The van der Waals surface area contributed by atoms with Crippen LogP contribution in [0.4, 0.5) is 0 Å². The fourth-order valence-electron chi connectivity index (χ4n) is 6.77. The zero-order valence-corrected chi connectivity index (χ0v) is 22.0. The van der Waals surface area contributed by atoms with Crippen LogP contribution in [0.5, 0.6) is 0 Å². The highest BCUT2D eigenvalue weighted by atomic mass is 14.4. The van der Waals surface area contributed by atoms with Crippen LogP contribution in [0.2, 0.25) is 0 Å². The Labute approximate surface area is 227 Å². The summed E-state index contributed by atoms with van der Waals surface area (Å²) in [6.45, 7) is 0. The summed E-state index contributed by atoms with van der Waals surface area (Å²) in [7, 11) is 0. The van der Waals surface area contributed by atoms with Crippen LogP contribution >= 0.6 is 0 Å². The predicted molar refractivity (Wildman–Crippen MR) is 162 cm³/mol. The van der Waals surface area contributed by atoms with Crippen LogP contribution < -0.4 is 0 Å². The molecule has 0 heterocycles. The van der Waals surface area contributed by atoms with E-state index in [1.54, 1.807) is 11.1 Å². The van der Waals surface area contributed by atoms with E-state index in [9.17, 15) is 0 Å². The molecular formula is C38H34. The second kappa shape index (κ2) is 10.1. The summed E-state index contributed by atoms with van der Waals surface area (Å²) in [6, 6.07) is 34.0. The van der Waals surface area contributed by atoms with E-state index in [2.05, 4.69) is 115 Å². The van der Waals surface area contributed by atoms with E-state index in [0.29, 0.717) is 5.92 Å². The lowest BCUT2D eigenvalue weighted by atomic mass is 9.69. The van der Waals surface area contributed by atoms with Crippen LogP contribution in [0.1, 0.15) is 61.1 Å². The first-order valence-corrected chi connectivity index (χ1v) is 14.3. The van der Waals surface area contributed by atoms with Crippen molar-refractivity contribution >= 4 is 5.57 Å². The minimum absolute atomic E-state index is 0.465. The fraction of sp³-hybridized carbons (Fsp3) is 0.211. The molecule has 0 N–H and O–H groups in total. The van der Waals surface area contributed by atoms with E-state index in [1.165, 1.54) is 75.8 Å². The molecule has 0 radical (unpaired) electrons. The highest BCUT2D eigenvalue weighted by molar-refractivity contribution is 5.89. The van der Waals surface area contributed by atoms with Gasteiger partial charge in [0, 0.05) is 5.92 Å². The SMILES string of the molecule is C1=CCCC(c2cc(-c3ccccc3)cc3c2C(C2=CCCCC2)Cc2ccc(-c4ccccc4)cc2-3)=C1. The van der Waals surface area contributed by atoms with E-state index in [-0.39, 0.29) is 0 Å². The molecule has 4 aromatic carbocycles. The summed E-state index contributed by atoms with van der Waals surface area (Å²) in [5.74, 6) is 0.465. The van der Waals surface area contributed by atoms with Crippen molar-refractivity contribution in [2.45, 2.75) is 50.9 Å². The number of hydrogen-bond acceptors (Lipinski definition) is 0.